The van der Waals surface area contributed by atoms with E-state index in [1.54, 1.807) is 54.9 Å². The minimum atomic E-state index is -0.387. The van der Waals surface area contributed by atoms with Gasteiger partial charge >= 0.3 is 11.9 Å². The predicted molar refractivity (Wildman–Crippen MR) is 146 cm³/mol. The quantitative estimate of drug-likeness (QED) is 0.182. The van der Waals surface area contributed by atoms with Crippen molar-refractivity contribution in [3.63, 3.8) is 0 Å². The number of ether oxygens (including phenoxy) is 2. The molecule has 3 unspecified atom stereocenters. The number of hydrogen-bond donors (Lipinski definition) is 1. The fourth-order valence-corrected chi connectivity index (χ4v) is 5.57. The van der Waals surface area contributed by atoms with Gasteiger partial charge in [0.1, 0.15) is 9.22 Å². The Balaban J connectivity index is 1.41. The highest BCUT2D eigenvalue weighted by Gasteiger charge is 2.37. The molecule has 1 saturated carbocycles. The zero-order valence-corrected chi connectivity index (χ0v) is 22.2. The smallest absolute Gasteiger partial charge is 0.338 e. The molecule has 0 saturated heterocycles. The fraction of sp³-hybridized carbons (Fsp3) is 0.296. The number of nitrogens with two attached hydrogens (primary N) is 1. The molecule has 3 atom stereocenters. The van der Waals surface area contributed by atoms with Crippen molar-refractivity contribution >= 4 is 51.6 Å². The second-order valence-electron chi connectivity index (χ2n) is 9.05. The van der Waals surface area contributed by atoms with Gasteiger partial charge in [0.05, 0.1) is 30.7 Å². The molecule has 2 N–H and O–H groups in total. The lowest BCUT2D eigenvalue weighted by molar-refractivity contribution is 0.00132. The van der Waals surface area contributed by atoms with Crippen molar-refractivity contribution in [2.24, 2.45) is 11.8 Å². The molecule has 0 radical (unpaired) electrons. The zero-order chi connectivity index (χ0) is 25.8. The molecule has 0 bridgehead atoms. The van der Waals surface area contributed by atoms with Crippen LogP contribution < -0.4 is 5.73 Å². The second-order valence-corrected chi connectivity index (χ2v) is 10.1. The van der Waals surface area contributed by atoms with Gasteiger partial charge in [0.25, 0.3) is 0 Å². The topological polar surface area (TPSA) is 122 Å². The average molecular weight is 611 g/mol. The summed E-state index contributed by atoms with van der Waals surface area (Å²) in [4.78, 5) is 38.6. The van der Waals surface area contributed by atoms with Crippen LogP contribution in [0.4, 0.5) is 5.95 Å². The van der Waals surface area contributed by atoms with Crippen LogP contribution in [0.1, 0.15) is 46.0 Å². The number of anilines is 1. The van der Waals surface area contributed by atoms with Gasteiger partial charge in [0.2, 0.25) is 5.95 Å². The van der Waals surface area contributed by atoms with E-state index in [0.29, 0.717) is 26.0 Å². The number of rotatable bonds is 7. The Kier molecular flexibility index (Phi) is 7.63. The lowest BCUT2D eigenvalue weighted by atomic mass is 9.76. The van der Waals surface area contributed by atoms with Crippen LogP contribution in [0.2, 0.25) is 0 Å². The van der Waals surface area contributed by atoms with Crippen LogP contribution in [0.3, 0.4) is 0 Å². The zero-order valence-electron chi connectivity index (χ0n) is 20.0. The number of carbonyl (C=O) groups is 2. The monoisotopic (exact) mass is 611 g/mol. The lowest BCUT2D eigenvalue weighted by Crippen LogP contribution is -2.37. The number of imidazole rings is 1. The third-order valence-corrected chi connectivity index (χ3v) is 7.53. The summed E-state index contributed by atoms with van der Waals surface area (Å²) in [6, 6.07) is 17.8. The molecular formula is C27H26IN5O4. The number of nitrogens with zero attached hydrogens (tertiary/aromatic N) is 4. The molecule has 190 valence electrons. The molecule has 2 aromatic heterocycles. The van der Waals surface area contributed by atoms with Crippen molar-refractivity contribution in [3.8, 4) is 0 Å². The molecular weight excluding hydrogens is 585 g/mol. The van der Waals surface area contributed by atoms with Gasteiger partial charge in [-0.05, 0) is 59.7 Å². The number of aromatic nitrogens is 4. The molecule has 1 aliphatic carbocycles. The van der Waals surface area contributed by atoms with Crippen molar-refractivity contribution in [2.75, 3.05) is 18.9 Å². The number of carbonyl (C=O) groups excluding carboxylic acids is 2. The first-order valence-electron chi connectivity index (χ1n) is 12.1. The van der Waals surface area contributed by atoms with E-state index >= 15 is 0 Å². The van der Waals surface area contributed by atoms with Crippen LogP contribution in [0, 0.1) is 15.5 Å². The van der Waals surface area contributed by atoms with E-state index in [1.807, 2.05) is 16.7 Å². The number of esters is 2. The number of benzene rings is 2. The van der Waals surface area contributed by atoms with E-state index < -0.39 is 0 Å². The number of halogens is 1. The molecule has 0 spiro atoms. The number of nitrogen functional groups attached to an aromatic ring is 1. The normalized spacial score (nSPS) is 19.4. The van der Waals surface area contributed by atoms with Crippen LogP contribution in [0.5, 0.6) is 0 Å². The fourth-order valence-electron chi connectivity index (χ4n) is 4.94. The summed E-state index contributed by atoms with van der Waals surface area (Å²) in [6.07, 6.45) is 4.34. The van der Waals surface area contributed by atoms with Crippen LogP contribution in [-0.2, 0) is 9.47 Å². The van der Waals surface area contributed by atoms with E-state index in [9.17, 15) is 9.59 Å². The van der Waals surface area contributed by atoms with Gasteiger partial charge in [-0.15, -0.1) is 0 Å². The molecule has 2 aromatic carbocycles. The summed E-state index contributed by atoms with van der Waals surface area (Å²) in [5, 5.41) is 0. The summed E-state index contributed by atoms with van der Waals surface area (Å²) >= 11 is 2.10. The minimum absolute atomic E-state index is 0.0225. The molecule has 4 aromatic rings. The van der Waals surface area contributed by atoms with Gasteiger partial charge in [-0.25, -0.2) is 19.6 Å². The van der Waals surface area contributed by atoms with Gasteiger partial charge < -0.3 is 19.8 Å². The molecule has 1 fully saturated rings. The van der Waals surface area contributed by atoms with Crippen molar-refractivity contribution in [1.29, 1.82) is 0 Å². The van der Waals surface area contributed by atoms with Crippen molar-refractivity contribution in [3.05, 3.63) is 81.8 Å². The number of fused-ring (bicyclic) bond motifs is 1. The Morgan fingerprint density at radius 3 is 2.19 bits per heavy atom. The molecule has 0 aliphatic heterocycles. The maximum atomic E-state index is 12.8. The first kappa shape index (κ1) is 25.1. The summed E-state index contributed by atoms with van der Waals surface area (Å²) in [5.74, 6) is -0.732. The summed E-state index contributed by atoms with van der Waals surface area (Å²) < 4.78 is 14.2. The molecule has 2 heterocycles. The van der Waals surface area contributed by atoms with Gasteiger partial charge in [-0.2, -0.15) is 4.98 Å². The molecule has 10 heteroatoms. The van der Waals surface area contributed by atoms with E-state index in [0.717, 1.165) is 19.3 Å². The highest BCUT2D eigenvalue weighted by atomic mass is 127. The van der Waals surface area contributed by atoms with Crippen molar-refractivity contribution < 1.29 is 19.1 Å². The van der Waals surface area contributed by atoms with E-state index in [1.165, 1.54) is 0 Å². The Morgan fingerprint density at radius 2 is 1.54 bits per heavy atom. The van der Waals surface area contributed by atoms with Gasteiger partial charge in [-0.3, -0.25) is 0 Å². The Labute approximate surface area is 227 Å². The third-order valence-electron chi connectivity index (χ3n) is 6.78. The Bertz CT molecular complexity index is 1400. The van der Waals surface area contributed by atoms with Crippen LogP contribution in [0.15, 0.2) is 67.0 Å². The average Bonchev–Trinajstić information content (AvgIpc) is 3.35. The first-order chi connectivity index (χ1) is 18.0. The predicted octanol–water partition coefficient (Wildman–Crippen LogP) is 4.68. The maximum absolute atomic E-state index is 12.8. The van der Waals surface area contributed by atoms with Gasteiger partial charge in [-0.1, -0.05) is 42.8 Å². The van der Waals surface area contributed by atoms with Crippen LogP contribution >= 0.6 is 22.6 Å². The van der Waals surface area contributed by atoms with Crippen molar-refractivity contribution in [1.82, 2.24) is 19.5 Å². The summed E-state index contributed by atoms with van der Waals surface area (Å²) in [7, 11) is 0. The molecule has 37 heavy (non-hydrogen) atoms. The van der Waals surface area contributed by atoms with Crippen molar-refractivity contribution in [2.45, 2.75) is 25.3 Å². The summed E-state index contributed by atoms with van der Waals surface area (Å²) in [6.45, 7) is 0.391. The second kappa shape index (κ2) is 11.2. The standard InChI is InChI=1S/C27H26IN5O4/c28-23-22-24(32-27(29)31-23)33(16-30-22)21-13-7-12-19(14-36-25(34)17-8-3-1-4-9-17)20(21)15-37-26(35)18-10-5-2-6-11-18/h1-6,8-11,16,19-21H,7,12-15H2,(H2,29,31,32). The lowest BCUT2D eigenvalue weighted by Gasteiger charge is -2.38. The molecule has 0 amide bonds. The highest BCUT2D eigenvalue weighted by Crippen LogP contribution is 2.40. The van der Waals surface area contributed by atoms with Gasteiger partial charge in [0, 0.05) is 17.9 Å². The summed E-state index contributed by atoms with van der Waals surface area (Å²) in [5.41, 5.74) is 8.26. The minimum Gasteiger partial charge on any atom is -0.462 e. The first-order valence-corrected chi connectivity index (χ1v) is 13.2. The van der Waals surface area contributed by atoms with E-state index in [-0.39, 0.29) is 49.0 Å². The Morgan fingerprint density at radius 1 is 0.919 bits per heavy atom. The van der Waals surface area contributed by atoms with Crippen LogP contribution in [-0.4, -0.2) is 44.7 Å². The molecule has 5 rings (SSSR count). The SMILES string of the molecule is Nc1nc(I)c2ncn(C3CCCC(COC(=O)c4ccccc4)C3COC(=O)c3ccccc3)c2n1. The van der Waals surface area contributed by atoms with E-state index in [4.69, 9.17) is 15.2 Å². The number of hydrogen-bond acceptors (Lipinski definition) is 8. The largest absolute Gasteiger partial charge is 0.462 e. The Hall–Kier alpha value is -3.54. The van der Waals surface area contributed by atoms with E-state index in [2.05, 4.69) is 37.5 Å². The van der Waals surface area contributed by atoms with Crippen LogP contribution in [0.25, 0.3) is 11.2 Å². The highest BCUT2D eigenvalue weighted by molar-refractivity contribution is 14.1. The molecule has 1 aliphatic rings. The molecule has 9 nitrogen and oxygen atoms in total. The van der Waals surface area contributed by atoms with Gasteiger partial charge in [0.15, 0.2) is 5.65 Å². The maximum Gasteiger partial charge on any atom is 0.338 e. The third kappa shape index (κ3) is 5.58.